The highest BCUT2D eigenvalue weighted by Gasteiger charge is 2.17. The molecule has 2 rings (SSSR count). The van der Waals surface area contributed by atoms with E-state index in [2.05, 4.69) is 4.90 Å². The van der Waals surface area contributed by atoms with Crippen molar-refractivity contribution >= 4 is 0 Å². The zero-order valence-electron chi connectivity index (χ0n) is 12.2. The van der Waals surface area contributed by atoms with E-state index < -0.39 is 0 Å². The number of benzene rings is 1. The van der Waals surface area contributed by atoms with Crippen LogP contribution in [0.1, 0.15) is 28.7 Å². The van der Waals surface area contributed by atoms with Crippen LogP contribution in [0.3, 0.4) is 0 Å². The van der Waals surface area contributed by atoms with Crippen LogP contribution in [0.2, 0.25) is 0 Å². The molecule has 1 unspecified atom stereocenters. The Kier molecular flexibility index (Phi) is 4.57. The van der Waals surface area contributed by atoms with Crippen molar-refractivity contribution in [2.45, 2.75) is 26.4 Å². The van der Waals surface area contributed by atoms with Crippen molar-refractivity contribution < 1.29 is 8.81 Å². The first-order valence-corrected chi connectivity index (χ1v) is 6.73. The molecule has 0 aliphatic heterocycles. The van der Waals surface area contributed by atoms with Gasteiger partial charge in [0.25, 0.3) is 0 Å². The number of likely N-dealkylation sites (N-methyl/N-ethyl adjacent to an activating group) is 1. The molecule has 0 saturated heterocycles. The Balaban J connectivity index is 2.16. The number of halogens is 1. The van der Waals surface area contributed by atoms with Gasteiger partial charge in [-0.05, 0) is 50.2 Å². The maximum atomic E-state index is 13.4. The van der Waals surface area contributed by atoms with Crippen LogP contribution < -0.4 is 5.73 Å². The minimum Gasteiger partial charge on any atom is -0.465 e. The first-order valence-electron chi connectivity index (χ1n) is 6.73. The molecule has 108 valence electrons. The molecule has 2 aromatic rings. The molecule has 0 bridgehead atoms. The van der Waals surface area contributed by atoms with Crippen molar-refractivity contribution in [3.63, 3.8) is 0 Å². The molecule has 1 aromatic heterocycles. The Hall–Kier alpha value is -1.65. The quantitative estimate of drug-likeness (QED) is 0.912. The second-order valence-electron chi connectivity index (χ2n) is 5.19. The average molecular weight is 276 g/mol. The van der Waals surface area contributed by atoms with E-state index in [0.29, 0.717) is 18.7 Å². The average Bonchev–Trinajstić information content (AvgIpc) is 2.80. The van der Waals surface area contributed by atoms with Gasteiger partial charge in [0.1, 0.15) is 17.3 Å². The van der Waals surface area contributed by atoms with Gasteiger partial charge in [0.2, 0.25) is 0 Å². The van der Waals surface area contributed by atoms with Gasteiger partial charge in [0, 0.05) is 12.6 Å². The van der Waals surface area contributed by atoms with Crippen molar-refractivity contribution in [3.8, 4) is 0 Å². The summed E-state index contributed by atoms with van der Waals surface area (Å²) in [7, 11) is 1.99. The molecule has 0 fully saturated rings. The Morgan fingerprint density at radius 3 is 2.55 bits per heavy atom. The normalized spacial score (nSPS) is 12.9. The fraction of sp³-hybridized carbons (Fsp3) is 0.375. The fourth-order valence-electron chi connectivity index (χ4n) is 2.37. The monoisotopic (exact) mass is 276 g/mol. The van der Waals surface area contributed by atoms with Crippen LogP contribution in [0.4, 0.5) is 4.39 Å². The third-order valence-electron chi connectivity index (χ3n) is 3.52. The van der Waals surface area contributed by atoms with Crippen LogP contribution in [0, 0.1) is 19.7 Å². The number of furan rings is 1. The zero-order chi connectivity index (χ0) is 14.7. The molecule has 2 N–H and O–H groups in total. The molecule has 0 aliphatic rings. The van der Waals surface area contributed by atoms with Gasteiger partial charge in [-0.25, -0.2) is 4.39 Å². The number of rotatable bonds is 5. The highest BCUT2D eigenvalue weighted by Crippen LogP contribution is 2.23. The summed E-state index contributed by atoms with van der Waals surface area (Å²) in [5.41, 5.74) is 7.55. The summed E-state index contributed by atoms with van der Waals surface area (Å²) in [6.07, 6.45) is 0. The number of nitrogens with two attached hydrogens (primary N) is 1. The molecular formula is C16H21FN2O. The lowest BCUT2D eigenvalue weighted by molar-refractivity contribution is 0.221. The SMILES string of the molecule is Cc1ccc(CN(C)C(CN)c2ccc(F)c(C)c2)o1. The highest BCUT2D eigenvalue weighted by atomic mass is 19.1. The van der Waals surface area contributed by atoms with E-state index in [4.69, 9.17) is 10.2 Å². The predicted octanol–water partition coefficient (Wildman–Crippen LogP) is 3.17. The zero-order valence-corrected chi connectivity index (χ0v) is 12.2. The number of hydrogen-bond donors (Lipinski definition) is 1. The van der Waals surface area contributed by atoms with Gasteiger partial charge in [-0.1, -0.05) is 12.1 Å². The summed E-state index contributed by atoms with van der Waals surface area (Å²) < 4.78 is 18.9. The van der Waals surface area contributed by atoms with E-state index in [-0.39, 0.29) is 11.9 Å². The van der Waals surface area contributed by atoms with Crippen molar-refractivity contribution in [2.24, 2.45) is 5.73 Å². The van der Waals surface area contributed by atoms with Gasteiger partial charge in [0.15, 0.2) is 0 Å². The molecule has 20 heavy (non-hydrogen) atoms. The molecular weight excluding hydrogens is 255 g/mol. The smallest absolute Gasteiger partial charge is 0.126 e. The lowest BCUT2D eigenvalue weighted by Crippen LogP contribution is -2.30. The van der Waals surface area contributed by atoms with E-state index >= 15 is 0 Å². The van der Waals surface area contributed by atoms with Crippen LogP contribution in [0.5, 0.6) is 0 Å². The molecule has 0 saturated carbocycles. The van der Waals surface area contributed by atoms with Gasteiger partial charge < -0.3 is 10.2 Å². The summed E-state index contributed by atoms with van der Waals surface area (Å²) in [5, 5.41) is 0. The molecule has 1 atom stereocenters. The molecule has 1 aromatic carbocycles. The topological polar surface area (TPSA) is 42.4 Å². The van der Waals surface area contributed by atoms with Crippen molar-refractivity contribution in [1.82, 2.24) is 4.90 Å². The van der Waals surface area contributed by atoms with E-state index in [0.717, 1.165) is 17.1 Å². The first-order chi connectivity index (χ1) is 9.51. The lowest BCUT2D eigenvalue weighted by atomic mass is 10.0. The second kappa shape index (κ2) is 6.20. The minimum absolute atomic E-state index is 0.0414. The summed E-state index contributed by atoms with van der Waals surface area (Å²) in [5.74, 6) is 1.62. The summed E-state index contributed by atoms with van der Waals surface area (Å²) in [6.45, 7) is 4.84. The number of hydrogen-bond acceptors (Lipinski definition) is 3. The molecule has 0 radical (unpaired) electrons. The third kappa shape index (κ3) is 3.26. The minimum atomic E-state index is -0.186. The van der Waals surface area contributed by atoms with Crippen LogP contribution in [0.25, 0.3) is 0 Å². The van der Waals surface area contributed by atoms with E-state index in [9.17, 15) is 4.39 Å². The molecule has 0 amide bonds. The number of nitrogens with zero attached hydrogens (tertiary/aromatic N) is 1. The van der Waals surface area contributed by atoms with Gasteiger partial charge in [-0.2, -0.15) is 0 Å². The summed E-state index contributed by atoms with van der Waals surface area (Å²) in [4.78, 5) is 2.12. The summed E-state index contributed by atoms with van der Waals surface area (Å²) in [6, 6.07) is 9.11. The standard InChI is InChI=1S/C16H21FN2O/c1-11-8-13(5-7-15(11)17)16(9-18)19(3)10-14-6-4-12(2)20-14/h4-8,16H,9-10,18H2,1-3H3. The van der Waals surface area contributed by atoms with Gasteiger partial charge in [-0.3, -0.25) is 4.90 Å². The Morgan fingerprint density at radius 2 is 2.00 bits per heavy atom. The maximum Gasteiger partial charge on any atom is 0.126 e. The molecule has 1 heterocycles. The molecule has 0 spiro atoms. The maximum absolute atomic E-state index is 13.4. The number of aryl methyl sites for hydroxylation is 2. The van der Waals surface area contributed by atoms with E-state index in [1.54, 1.807) is 13.0 Å². The van der Waals surface area contributed by atoms with E-state index in [1.807, 2.05) is 32.2 Å². The van der Waals surface area contributed by atoms with Crippen molar-refractivity contribution in [1.29, 1.82) is 0 Å². The van der Waals surface area contributed by atoms with Gasteiger partial charge >= 0.3 is 0 Å². The first kappa shape index (κ1) is 14.8. The Labute approximate surface area is 119 Å². The molecule has 0 aliphatic carbocycles. The van der Waals surface area contributed by atoms with Gasteiger partial charge in [-0.15, -0.1) is 0 Å². The fourth-order valence-corrected chi connectivity index (χ4v) is 2.37. The molecule has 3 nitrogen and oxygen atoms in total. The third-order valence-corrected chi connectivity index (χ3v) is 3.52. The van der Waals surface area contributed by atoms with Crippen LogP contribution in [-0.4, -0.2) is 18.5 Å². The predicted molar refractivity (Wildman–Crippen MR) is 77.8 cm³/mol. The van der Waals surface area contributed by atoms with Crippen LogP contribution in [0.15, 0.2) is 34.7 Å². The van der Waals surface area contributed by atoms with Crippen LogP contribution >= 0.6 is 0 Å². The molecule has 4 heteroatoms. The largest absolute Gasteiger partial charge is 0.465 e. The van der Waals surface area contributed by atoms with Crippen LogP contribution in [-0.2, 0) is 6.54 Å². The van der Waals surface area contributed by atoms with E-state index in [1.165, 1.54) is 6.07 Å². The Bertz CT molecular complexity index is 580. The van der Waals surface area contributed by atoms with Crippen molar-refractivity contribution in [3.05, 3.63) is 58.8 Å². The Morgan fingerprint density at radius 1 is 1.25 bits per heavy atom. The van der Waals surface area contributed by atoms with Gasteiger partial charge in [0.05, 0.1) is 6.54 Å². The highest BCUT2D eigenvalue weighted by molar-refractivity contribution is 5.27. The second-order valence-corrected chi connectivity index (χ2v) is 5.19. The summed E-state index contributed by atoms with van der Waals surface area (Å²) >= 11 is 0. The lowest BCUT2D eigenvalue weighted by Gasteiger charge is -2.26. The van der Waals surface area contributed by atoms with Crippen molar-refractivity contribution in [2.75, 3.05) is 13.6 Å².